The molecule has 1 aromatic carbocycles. The Morgan fingerprint density at radius 2 is 2.11 bits per heavy atom. The first-order chi connectivity index (χ1) is 8.87. The molecule has 0 amide bonds. The maximum atomic E-state index is 3.37. The van der Waals surface area contributed by atoms with Crippen molar-refractivity contribution in [3.05, 3.63) is 35.4 Å². The summed E-state index contributed by atoms with van der Waals surface area (Å²) in [6.07, 6.45) is 9.80. The Hall–Kier alpha value is -0.820. The predicted octanol–water partition coefficient (Wildman–Crippen LogP) is 3.67. The zero-order valence-electron chi connectivity index (χ0n) is 11.5. The molecule has 3 rings (SSSR count). The molecule has 1 saturated carbocycles. The van der Waals surface area contributed by atoms with Crippen molar-refractivity contribution in [2.75, 3.05) is 13.6 Å². The highest BCUT2D eigenvalue weighted by Crippen LogP contribution is 2.51. The third-order valence-corrected chi connectivity index (χ3v) is 5.34. The minimum atomic E-state index is 0.496. The van der Waals surface area contributed by atoms with Crippen molar-refractivity contribution in [3.8, 4) is 0 Å². The highest BCUT2D eigenvalue weighted by atomic mass is 14.8. The van der Waals surface area contributed by atoms with Gasteiger partial charge in [0.2, 0.25) is 0 Å². The standard InChI is InChI=1S/C17H25N/c1-18-13-12-17-11-5-4-7-15(17)10-9-14-6-2-3-8-16(14)17/h2-3,6,8,15,18H,4-5,7,9-13H2,1H3. The first-order valence-electron chi connectivity index (χ1n) is 7.60. The lowest BCUT2D eigenvalue weighted by Crippen LogP contribution is -2.43. The highest BCUT2D eigenvalue weighted by Gasteiger charge is 2.44. The van der Waals surface area contributed by atoms with Crippen LogP contribution in [-0.2, 0) is 11.8 Å². The van der Waals surface area contributed by atoms with Gasteiger partial charge in [0.15, 0.2) is 0 Å². The Kier molecular flexibility index (Phi) is 3.43. The van der Waals surface area contributed by atoms with E-state index in [9.17, 15) is 0 Å². The number of nitrogens with one attached hydrogen (secondary N) is 1. The first-order valence-corrected chi connectivity index (χ1v) is 7.60. The number of aryl methyl sites for hydroxylation is 1. The number of hydrogen-bond acceptors (Lipinski definition) is 1. The minimum Gasteiger partial charge on any atom is -0.320 e. The monoisotopic (exact) mass is 243 g/mol. The van der Waals surface area contributed by atoms with Crippen LogP contribution in [0.3, 0.4) is 0 Å². The summed E-state index contributed by atoms with van der Waals surface area (Å²) in [4.78, 5) is 0. The van der Waals surface area contributed by atoms with Crippen molar-refractivity contribution in [2.24, 2.45) is 5.92 Å². The Labute approximate surface area is 111 Å². The largest absolute Gasteiger partial charge is 0.320 e. The maximum absolute atomic E-state index is 3.37. The fraction of sp³-hybridized carbons (Fsp3) is 0.647. The highest BCUT2D eigenvalue weighted by molar-refractivity contribution is 5.38. The summed E-state index contributed by atoms with van der Waals surface area (Å²) >= 11 is 0. The van der Waals surface area contributed by atoms with E-state index in [0.717, 1.165) is 12.5 Å². The van der Waals surface area contributed by atoms with Gasteiger partial charge in [-0.05, 0) is 68.2 Å². The van der Waals surface area contributed by atoms with Gasteiger partial charge in [-0.3, -0.25) is 0 Å². The van der Waals surface area contributed by atoms with Crippen LogP contribution in [0, 0.1) is 5.92 Å². The minimum absolute atomic E-state index is 0.496. The molecule has 0 radical (unpaired) electrons. The molecule has 1 nitrogen and oxygen atoms in total. The van der Waals surface area contributed by atoms with Crippen LogP contribution in [0.4, 0.5) is 0 Å². The number of benzene rings is 1. The third kappa shape index (κ3) is 1.89. The second kappa shape index (κ2) is 5.05. The molecule has 2 atom stereocenters. The molecule has 2 aliphatic rings. The van der Waals surface area contributed by atoms with Crippen LogP contribution in [0.15, 0.2) is 24.3 Å². The van der Waals surface area contributed by atoms with Crippen molar-refractivity contribution in [1.29, 1.82) is 0 Å². The van der Waals surface area contributed by atoms with Gasteiger partial charge in [0, 0.05) is 0 Å². The molecule has 0 spiro atoms. The molecule has 0 saturated heterocycles. The summed E-state index contributed by atoms with van der Waals surface area (Å²) in [6.45, 7) is 1.16. The quantitative estimate of drug-likeness (QED) is 0.854. The first kappa shape index (κ1) is 12.2. The van der Waals surface area contributed by atoms with Gasteiger partial charge in [0.1, 0.15) is 0 Å². The molecule has 1 heteroatoms. The van der Waals surface area contributed by atoms with Crippen molar-refractivity contribution in [1.82, 2.24) is 5.32 Å². The number of rotatable bonds is 3. The average molecular weight is 243 g/mol. The van der Waals surface area contributed by atoms with E-state index in [-0.39, 0.29) is 0 Å². The van der Waals surface area contributed by atoms with Gasteiger partial charge in [0.25, 0.3) is 0 Å². The van der Waals surface area contributed by atoms with Crippen LogP contribution in [0.2, 0.25) is 0 Å². The van der Waals surface area contributed by atoms with Gasteiger partial charge in [-0.15, -0.1) is 0 Å². The van der Waals surface area contributed by atoms with Crippen LogP contribution in [0.25, 0.3) is 0 Å². The summed E-state index contributed by atoms with van der Waals surface area (Å²) in [5.74, 6) is 0.939. The zero-order chi connectivity index (χ0) is 12.4. The summed E-state index contributed by atoms with van der Waals surface area (Å²) in [5, 5.41) is 3.37. The molecule has 0 bridgehead atoms. The molecule has 0 heterocycles. The molecule has 1 aromatic rings. The van der Waals surface area contributed by atoms with E-state index in [1.807, 2.05) is 0 Å². The van der Waals surface area contributed by atoms with Crippen LogP contribution in [0.1, 0.15) is 49.7 Å². The smallest absolute Gasteiger partial charge is 0.000388 e. The van der Waals surface area contributed by atoms with Gasteiger partial charge in [-0.1, -0.05) is 37.1 Å². The Morgan fingerprint density at radius 1 is 1.22 bits per heavy atom. The lowest BCUT2D eigenvalue weighted by atomic mass is 9.56. The molecule has 0 aliphatic heterocycles. The molecule has 1 N–H and O–H groups in total. The predicted molar refractivity (Wildman–Crippen MR) is 76.9 cm³/mol. The van der Waals surface area contributed by atoms with E-state index in [4.69, 9.17) is 0 Å². The van der Waals surface area contributed by atoms with Crippen molar-refractivity contribution >= 4 is 0 Å². The van der Waals surface area contributed by atoms with Crippen molar-refractivity contribution < 1.29 is 0 Å². The zero-order valence-corrected chi connectivity index (χ0v) is 11.5. The second-order valence-corrected chi connectivity index (χ2v) is 6.15. The summed E-state index contributed by atoms with van der Waals surface area (Å²) in [7, 11) is 2.09. The number of hydrogen-bond donors (Lipinski definition) is 1. The van der Waals surface area contributed by atoms with E-state index < -0.39 is 0 Å². The lowest BCUT2D eigenvalue weighted by Gasteiger charge is -2.49. The van der Waals surface area contributed by atoms with E-state index in [0.29, 0.717) is 5.41 Å². The van der Waals surface area contributed by atoms with Gasteiger partial charge in [0.05, 0.1) is 0 Å². The Morgan fingerprint density at radius 3 is 3.00 bits per heavy atom. The van der Waals surface area contributed by atoms with Crippen molar-refractivity contribution in [3.63, 3.8) is 0 Å². The van der Waals surface area contributed by atoms with Crippen LogP contribution in [-0.4, -0.2) is 13.6 Å². The van der Waals surface area contributed by atoms with Gasteiger partial charge < -0.3 is 5.32 Å². The van der Waals surface area contributed by atoms with Gasteiger partial charge >= 0.3 is 0 Å². The summed E-state index contributed by atoms with van der Waals surface area (Å²) < 4.78 is 0. The van der Waals surface area contributed by atoms with E-state index in [1.54, 1.807) is 11.1 Å². The molecular weight excluding hydrogens is 218 g/mol. The normalized spacial score (nSPS) is 30.6. The summed E-state index contributed by atoms with van der Waals surface area (Å²) in [5.41, 5.74) is 3.82. The molecule has 2 unspecified atom stereocenters. The Bertz CT molecular complexity index is 412. The topological polar surface area (TPSA) is 12.0 Å². The van der Waals surface area contributed by atoms with Crippen molar-refractivity contribution in [2.45, 2.75) is 50.4 Å². The van der Waals surface area contributed by atoms with E-state index >= 15 is 0 Å². The van der Waals surface area contributed by atoms with E-state index in [1.165, 1.54) is 44.9 Å². The molecule has 1 fully saturated rings. The van der Waals surface area contributed by atoms with Crippen LogP contribution >= 0.6 is 0 Å². The fourth-order valence-corrected chi connectivity index (χ4v) is 4.45. The number of fused-ring (bicyclic) bond motifs is 3. The molecule has 0 aromatic heterocycles. The molecular formula is C17H25N. The molecule has 2 aliphatic carbocycles. The average Bonchev–Trinajstić information content (AvgIpc) is 2.45. The maximum Gasteiger partial charge on any atom is -0.000388 e. The molecule has 98 valence electrons. The Balaban J connectivity index is 2.01. The SMILES string of the molecule is CNCCC12CCCCC1CCc1ccccc12. The van der Waals surface area contributed by atoms with E-state index in [2.05, 4.69) is 36.6 Å². The summed E-state index contributed by atoms with van der Waals surface area (Å²) in [6, 6.07) is 9.24. The van der Waals surface area contributed by atoms with Gasteiger partial charge in [-0.25, -0.2) is 0 Å². The molecule has 18 heavy (non-hydrogen) atoms. The van der Waals surface area contributed by atoms with Crippen LogP contribution in [0.5, 0.6) is 0 Å². The third-order valence-electron chi connectivity index (χ3n) is 5.34. The van der Waals surface area contributed by atoms with Crippen LogP contribution < -0.4 is 5.32 Å². The van der Waals surface area contributed by atoms with Gasteiger partial charge in [-0.2, -0.15) is 0 Å². The second-order valence-electron chi connectivity index (χ2n) is 6.15. The lowest BCUT2D eigenvalue weighted by molar-refractivity contribution is 0.148. The fourth-order valence-electron chi connectivity index (χ4n) is 4.45.